The predicted octanol–water partition coefficient (Wildman–Crippen LogP) is 5.25. The zero-order chi connectivity index (χ0) is 16.9. The third kappa shape index (κ3) is 1.96. The first kappa shape index (κ1) is 14.8. The first-order valence-corrected chi connectivity index (χ1v) is 8.21. The molecular formula is C22H21NO. The SMILES string of the molecule is COc1ccc(-c2c(N)ccc3c2C(C)(C)c2ccccc2-3)cc1. The molecule has 0 spiro atoms. The van der Waals surface area contributed by atoms with E-state index in [1.807, 2.05) is 18.2 Å². The lowest BCUT2D eigenvalue weighted by Crippen LogP contribution is -2.17. The Morgan fingerprint density at radius 1 is 0.833 bits per heavy atom. The van der Waals surface area contributed by atoms with Crippen LogP contribution >= 0.6 is 0 Å². The van der Waals surface area contributed by atoms with Gasteiger partial charge >= 0.3 is 0 Å². The third-order valence-electron chi connectivity index (χ3n) is 5.13. The fourth-order valence-electron chi connectivity index (χ4n) is 3.96. The van der Waals surface area contributed by atoms with E-state index in [2.05, 4.69) is 56.3 Å². The van der Waals surface area contributed by atoms with Crippen molar-refractivity contribution >= 4 is 5.69 Å². The van der Waals surface area contributed by atoms with Gasteiger partial charge in [0, 0.05) is 16.7 Å². The molecule has 0 heterocycles. The Hall–Kier alpha value is -2.74. The van der Waals surface area contributed by atoms with Gasteiger partial charge < -0.3 is 10.5 Å². The molecule has 0 saturated heterocycles. The zero-order valence-electron chi connectivity index (χ0n) is 14.3. The van der Waals surface area contributed by atoms with Crippen molar-refractivity contribution < 1.29 is 4.74 Å². The number of ether oxygens (including phenoxy) is 1. The van der Waals surface area contributed by atoms with E-state index in [1.165, 1.54) is 22.3 Å². The van der Waals surface area contributed by atoms with Crippen molar-refractivity contribution in [1.82, 2.24) is 0 Å². The molecule has 2 N–H and O–H groups in total. The van der Waals surface area contributed by atoms with Gasteiger partial charge in [0.25, 0.3) is 0 Å². The lowest BCUT2D eigenvalue weighted by atomic mass is 9.78. The normalized spacial score (nSPS) is 14.1. The van der Waals surface area contributed by atoms with Crippen LogP contribution in [0.4, 0.5) is 5.69 Å². The lowest BCUT2D eigenvalue weighted by molar-refractivity contribution is 0.415. The van der Waals surface area contributed by atoms with Crippen LogP contribution in [0.5, 0.6) is 5.75 Å². The van der Waals surface area contributed by atoms with Crippen LogP contribution in [-0.4, -0.2) is 7.11 Å². The Labute approximate surface area is 142 Å². The molecule has 0 unspecified atom stereocenters. The molecule has 0 radical (unpaired) electrons. The predicted molar refractivity (Wildman–Crippen MR) is 100 cm³/mol. The molecule has 2 nitrogen and oxygen atoms in total. The molecule has 0 atom stereocenters. The van der Waals surface area contributed by atoms with Gasteiger partial charge in [-0.25, -0.2) is 0 Å². The number of hydrogen-bond acceptors (Lipinski definition) is 2. The van der Waals surface area contributed by atoms with Gasteiger partial charge in [-0.3, -0.25) is 0 Å². The molecule has 3 aromatic carbocycles. The van der Waals surface area contributed by atoms with Crippen molar-refractivity contribution in [3.8, 4) is 28.0 Å². The van der Waals surface area contributed by atoms with Crippen molar-refractivity contribution in [2.45, 2.75) is 19.3 Å². The summed E-state index contributed by atoms with van der Waals surface area (Å²) in [7, 11) is 1.68. The summed E-state index contributed by atoms with van der Waals surface area (Å²) in [6.45, 7) is 4.56. The van der Waals surface area contributed by atoms with Gasteiger partial charge in [0.15, 0.2) is 0 Å². The third-order valence-corrected chi connectivity index (χ3v) is 5.13. The molecule has 1 aliphatic carbocycles. The topological polar surface area (TPSA) is 35.2 Å². The second kappa shape index (κ2) is 5.13. The van der Waals surface area contributed by atoms with Gasteiger partial charge in [-0.15, -0.1) is 0 Å². The molecule has 0 amide bonds. The standard InChI is InChI=1S/C22H21NO/c1-22(2)18-7-5-4-6-16(18)17-12-13-19(23)20(21(17)22)14-8-10-15(24-3)11-9-14/h4-13H,23H2,1-3H3. The molecule has 1 aliphatic rings. The van der Waals surface area contributed by atoms with E-state index >= 15 is 0 Å². The summed E-state index contributed by atoms with van der Waals surface area (Å²) in [5.41, 5.74) is 14.7. The van der Waals surface area contributed by atoms with Crippen LogP contribution < -0.4 is 10.5 Å². The highest BCUT2D eigenvalue weighted by Crippen LogP contribution is 2.53. The van der Waals surface area contributed by atoms with Crippen LogP contribution in [0, 0.1) is 0 Å². The number of hydrogen-bond donors (Lipinski definition) is 1. The maximum atomic E-state index is 6.42. The quantitative estimate of drug-likeness (QED) is 0.655. The minimum atomic E-state index is -0.0728. The highest BCUT2D eigenvalue weighted by Gasteiger charge is 2.37. The van der Waals surface area contributed by atoms with Crippen molar-refractivity contribution in [2.24, 2.45) is 0 Å². The summed E-state index contributed by atoms with van der Waals surface area (Å²) in [5.74, 6) is 0.854. The van der Waals surface area contributed by atoms with Crippen LogP contribution in [0.15, 0.2) is 60.7 Å². The first-order valence-electron chi connectivity index (χ1n) is 8.21. The molecule has 0 saturated carbocycles. The molecule has 120 valence electrons. The van der Waals surface area contributed by atoms with E-state index in [1.54, 1.807) is 7.11 Å². The Bertz CT molecular complexity index is 923. The van der Waals surface area contributed by atoms with E-state index in [0.717, 1.165) is 22.6 Å². The summed E-state index contributed by atoms with van der Waals surface area (Å²) < 4.78 is 5.29. The number of benzene rings is 3. The molecule has 24 heavy (non-hydrogen) atoms. The van der Waals surface area contributed by atoms with E-state index in [4.69, 9.17) is 10.5 Å². The molecule has 0 bridgehead atoms. The molecule has 0 fully saturated rings. The summed E-state index contributed by atoms with van der Waals surface area (Å²) in [4.78, 5) is 0. The van der Waals surface area contributed by atoms with Crippen molar-refractivity contribution in [2.75, 3.05) is 12.8 Å². The summed E-state index contributed by atoms with van der Waals surface area (Å²) in [5, 5.41) is 0. The Kier molecular flexibility index (Phi) is 3.17. The van der Waals surface area contributed by atoms with E-state index in [-0.39, 0.29) is 5.41 Å². The Morgan fingerprint density at radius 3 is 2.25 bits per heavy atom. The number of methoxy groups -OCH3 is 1. The van der Waals surface area contributed by atoms with Gasteiger partial charge in [0.1, 0.15) is 5.75 Å². The van der Waals surface area contributed by atoms with Crippen molar-refractivity contribution in [1.29, 1.82) is 0 Å². The number of fused-ring (bicyclic) bond motifs is 3. The average Bonchev–Trinajstić information content (AvgIpc) is 2.83. The van der Waals surface area contributed by atoms with Gasteiger partial charge in [-0.1, -0.05) is 56.3 Å². The van der Waals surface area contributed by atoms with Crippen LogP contribution in [0.25, 0.3) is 22.3 Å². The summed E-state index contributed by atoms with van der Waals surface area (Å²) in [6.07, 6.45) is 0. The van der Waals surface area contributed by atoms with Gasteiger partial charge in [-0.2, -0.15) is 0 Å². The number of anilines is 1. The monoisotopic (exact) mass is 315 g/mol. The fourth-order valence-corrected chi connectivity index (χ4v) is 3.96. The van der Waals surface area contributed by atoms with E-state index in [0.29, 0.717) is 0 Å². The molecular weight excluding hydrogens is 294 g/mol. The zero-order valence-corrected chi connectivity index (χ0v) is 14.3. The number of rotatable bonds is 2. The fraction of sp³-hybridized carbons (Fsp3) is 0.182. The maximum Gasteiger partial charge on any atom is 0.118 e. The maximum absolute atomic E-state index is 6.42. The molecule has 0 aromatic heterocycles. The largest absolute Gasteiger partial charge is 0.497 e. The van der Waals surface area contributed by atoms with Crippen LogP contribution in [0.3, 0.4) is 0 Å². The highest BCUT2D eigenvalue weighted by molar-refractivity contribution is 5.93. The minimum absolute atomic E-state index is 0.0728. The first-order chi connectivity index (χ1) is 11.5. The van der Waals surface area contributed by atoms with Crippen molar-refractivity contribution in [3.05, 3.63) is 71.8 Å². The second-order valence-corrected chi connectivity index (χ2v) is 6.85. The second-order valence-electron chi connectivity index (χ2n) is 6.85. The molecule has 3 aromatic rings. The van der Waals surface area contributed by atoms with Gasteiger partial charge in [0.05, 0.1) is 7.11 Å². The summed E-state index contributed by atoms with van der Waals surface area (Å²) >= 11 is 0. The van der Waals surface area contributed by atoms with E-state index < -0.39 is 0 Å². The Balaban J connectivity index is 2.01. The van der Waals surface area contributed by atoms with Crippen LogP contribution in [0.1, 0.15) is 25.0 Å². The molecule has 0 aliphatic heterocycles. The summed E-state index contributed by atoms with van der Waals surface area (Å²) in [6, 6.07) is 21.0. The Morgan fingerprint density at radius 2 is 1.54 bits per heavy atom. The van der Waals surface area contributed by atoms with E-state index in [9.17, 15) is 0 Å². The van der Waals surface area contributed by atoms with Crippen LogP contribution in [0.2, 0.25) is 0 Å². The van der Waals surface area contributed by atoms with Gasteiger partial charge in [-0.05, 0) is 46.0 Å². The number of nitrogens with two attached hydrogens (primary N) is 1. The van der Waals surface area contributed by atoms with Crippen LogP contribution in [-0.2, 0) is 5.41 Å². The van der Waals surface area contributed by atoms with Gasteiger partial charge in [0.2, 0.25) is 0 Å². The smallest absolute Gasteiger partial charge is 0.118 e. The number of nitrogen functional groups attached to an aromatic ring is 1. The minimum Gasteiger partial charge on any atom is -0.497 e. The van der Waals surface area contributed by atoms with Crippen molar-refractivity contribution in [3.63, 3.8) is 0 Å². The molecule has 4 rings (SSSR count). The average molecular weight is 315 g/mol. The lowest BCUT2D eigenvalue weighted by Gasteiger charge is -2.25. The molecule has 2 heteroatoms. The highest BCUT2D eigenvalue weighted by atomic mass is 16.5.